The van der Waals surface area contributed by atoms with Crippen molar-refractivity contribution < 1.29 is 19.1 Å². The Morgan fingerprint density at radius 1 is 1.03 bits per heavy atom. The Morgan fingerprint density at radius 2 is 1.79 bits per heavy atom. The second-order valence-corrected chi connectivity index (χ2v) is 10.0. The Hall–Kier alpha value is -2.54. The van der Waals surface area contributed by atoms with Crippen LogP contribution in [-0.2, 0) is 22.6 Å². The third-order valence-electron chi connectivity index (χ3n) is 5.96. The second-order valence-electron chi connectivity index (χ2n) is 8.65. The number of methoxy groups -OCH3 is 2. The maximum Gasteiger partial charge on any atom is 0.242 e. The molecule has 0 unspecified atom stereocenters. The van der Waals surface area contributed by atoms with Crippen molar-refractivity contribution in [1.82, 2.24) is 9.80 Å². The van der Waals surface area contributed by atoms with E-state index in [1.54, 1.807) is 30.5 Å². The fourth-order valence-corrected chi connectivity index (χ4v) is 4.72. The molecule has 1 fully saturated rings. The van der Waals surface area contributed by atoms with E-state index in [1.165, 1.54) is 4.88 Å². The minimum Gasteiger partial charge on any atom is -0.493 e. The van der Waals surface area contributed by atoms with Crippen molar-refractivity contribution in [2.24, 2.45) is 5.92 Å². The summed E-state index contributed by atoms with van der Waals surface area (Å²) in [6, 6.07) is 10.0. The highest BCUT2D eigenvalue weighted by Crippen LogP contribution is 2.31. The van der Waals surface area contributed by atoms with Crippen molar-refractivity contribution >= 4 is 23.2 Å². The lowest BCUT2D eigenvalue weighted by Crippen LogP contribution is -2.44. The van der Waals surface area contributed by atoms with Crippen LogP contribution in [0.1, 0.15) is 47.9 Å². The van der Waals surface area contributed by atoms with Gasteiger partial charge in [0.05, 0.1) is 27.3 Å². The number of thiophene rings is 1. The molecule has 0 N–H and O–H groups in total. The molecule has 6 nitrogen and oxygen atoms in total. The summed E-state index contributed by atoms with van der Waals surface area (Å²) in [6.45, 7) is 6.13. The number of hydrogen-bond donors (Lipinski definition) is 0. The zero-order chi connectivity index (χ0) is 23.8. The molecule has 180 valence electrons. The Labute approximate surface area is 201 Å². The van der Waals surface area contributed by atoms with E-state index in [2.05, 4.69) is 26.0 Å². The van der Waals surface area contributed by atoms with E-state index >= 15 is 0 Å². The average molecular weight is 473 g/mol. The van der Waals surface area contributed by atoms with Gasteiger partial charge < -0.3 is 19.3 Å². The monoisotopic (exact) mass is 472 g/mol. The second kappa shape index (κ2) is 12.1. The first-order valence-electron chi connectivity index (χ1n) is 11.8. The lowest BCUT2D eigenvalue weighted by Gasteiger charge is -2.28. The lowest BCUT2D eigenvalue weighted by molar-refractivity contribution is -0.141. The van der Waals surface area contributed by atoms with Gasteiger partial charge in [0.1, 0.15) is 0 Å². The van der Waals surface area contributed by atoms with Crippen molar-refractivity contribution in [3.8, 4) is 11.5 Å². The van der Waals surface area contributed by atoms with E-state index in [-0.39, 0.29) is 24.3 Å². The molecule has 0 radical (unpaired) electrons. The summed E-state index contributed by atoms with van der Waals surface area (Å²) in [5, 5.41) is 0. The highest BCUT2D eigenvalue weighted by atomic mass is 32.1. The third kappa shape index (κ3) is 7.22. The molecule has 1 heterocycles. The van der Waals surface area contributed by atoms with Gasteiger partial charge in [-0.3, -0.25) is 9.59 Å². The van der Waals surface area contributed by atoms with Gasteiger partial charge in [-0.15, -0.1) is 11.3 Å². The molecule has 1 aromatic heterocycles. The van der Waals surface area contributed by atoms with Crippen molar-refractivity contribution in [2.45, 2.75) is 52.5 Å². The molecule has 0 saturated heterocycles. The van der Waals surface area contributed by atoms with Gasteiger partial charge in [0.2, 0.25) is 11.8 Å². The normalized spacial score (nSPS) is 13.0. The van der Waals surface area contributed by atoms with E-state index in [0.717, 1.165) is 36.1 Å². The molecule has 7 heteroatoms. The van der Waals surface area contributed by atoms with Crippen LogP contribution in [0.2, 0.25) is 0 Å². The molecule has 1 saturated carbocycles. The number of ether oxygens (including phenoxy) is 2. The zero-order valence-electron chi connectivity index (χ0n) is 20.3. The predicted molar refractivity (Wildman–Crippen MR) is 132 cm³/mol. The van der Waals surface area contributed by atoms with Crippen molar-refractivity contribution in [3.05, 3.63) is 45.6 Å². The molecule has 0 aliphatic heterocycles. The summed E-state index contributed by atoms with van der Waals surface area (Å²) in [6.07, 6.45) is 4.52. The number of carbonyl (C=O) groups is 2. The van der Waals surface area contributed by atoms with Crippen LogP contribution < -0.4 is 9.47 Å². The Bertz CT molecular complexity index is 938. The zero-order valence-corrected chi connectivity index (χ0v) is 21.1. The lowest BCUT2D eigenvalue weighted by atomic mass is 10.1. The van der Waals surface area contributed by atoms with Gasteiger partial charge in [0.25, 0.3) is 0 Å². The summed E-state index contributed by atoms with van der Waals surface area (Å²) in [5.74, 6) is 1.64. The summed E-state index contributed by atoms with van der Waals surface area (Å²) >= 11 is 1.71. The van der Waals surface area contributed by atoms with Gasteiger partial charge in [0.15, 0.2) is 11.5 Å². The highest BCUT2D eigenvalue weighted by molar-refractivity contribution is 7.11. The number of carbonyl (C=O) groups excluding carboxylic acids is 2. The largest absolute Gasteiger partial charge is 0.493 e. The Morgan fingerprint density at radius 3 is 2.39 bits per heavy atom. The molecule has 1 aliphatic rings. The Kier molecular flexibility index (Phi) is 9.18. The van der Waals surface area contributed by atoms with E-state index < -0.39 is 0 Å². The number of aryl methyl sites for hydroxylation is 1. The molecule has 0 atom stereocenters. The molecule has 33 heavy (non-hydrogen) atoms. The molecule has 1 aliphatic carbocycles. The summed E-state index contributed by atoms with van der Waals surface area (Å²) in [4.78, 5) is 32.2. The summed E-state index contributed by atoms with van der Waals surface area (Å²) in [7, 11) is 3.24. The van der Waals surface area contributed by atoms with Gasteiger partial charge in [-0.25, -0.2) is 0 Å². The average Bonchev–Trinajstić information content (AvgIpc) is 3.59. The van der Waals surface area contributed by atoms with Crippen molar-refractivity contribution in [1.29, 1.82) is 0 Å². The first-order valence-corrected chi connectivity index (χ1v) is 12.6. The van der Waals surface area contributed by atoms with Crippen LogP contribution in [0.5, 0.6) is 11.5 Å². The fourth-order valence-electron chi connectivity index (χ4n) is 3.82. The van der Waals surface area contributed by atoms with E-state index in [9.17, 15) is 9.59 Å². The molecule has 2 aromatic rings. The summed E-state index contributed by atoms with van der Waals surface area (Å²) < 4.78 is 10.8. The van der Waals surface area contributed by atoms with Crippen LogP contribution in [0.3, 0.4) is 0 Å². The standard InChI is InChI=1S/C26H36N2O4S/c1-5-6-14-28(26(30)21-9-10-21)18-25(29)27(17-22-11-7-19(2)33-22)15-13-20-8-12-23(31-3)24(16-20)32-4/h7-8,11-12,16,21H,5-6,9-10,13-15,17-18H2,1-4H3. The van der Waals surface area contributed by atoms with E-state index in [1.807, 2.05) is 23.1 Å². The number of unbranched alkanes of at least 4 members (excludes halogenated alkanes) is 1. The maximum absolute atomic E-state index is 13.4. The van der Waals surface area contributed by atoms with Crippen LogP contribution >= 0.6 is 11.3 Å². The fraction of sp³-hybridized carbons (Fsp3) is 0.538. The van der Waals surface area contributed by atoms with Crippen LogP contribution in [-0.4, -0.2) is 55.5 Å². The molecule has 3 rings (SSSR count). The predicted octanol–water partition coefficient (Wildman–Crippen LogP) is 4.68. The first-order chi connectivity index (χ1) is 15.9. The molecule has 0 bridgehead atoms. The number of amides is 2. The van der Waals surface area contributed by atoms with Crippen molar-refractivity contribution in [3.63, 3.8) is 0 Å². The molecule has 2 amide bonds. The first kappa shape index (κ1) is 25.1. The van der Waals surface area contributed by atoms with E-state index in [0.29, 0.717) is 37.6 Å². The van der Waals surface area contributed by atoms with Gasteiger partial charge in [-0.05, 0) is 62.4 Å². The minimum absolute atomic E-state index is 0.00614. The molecule has 1 aromatic carbocycles. The number of rotatable bonds is 13. The molecular formula is C26H36N2O4S. The van der Waals surface area contributed by atoms with Crippen molar-refractivity contribution in [2.75, 3.05) is 33.9 Å². The number of nitrogens with zero attached hydrogens (tertiary/aromatic N) is 2. The van der Waals surface area contributed by atoms with Crippen LogP contribution in [0.4, 0.5) is 0 Å². The van der Waals surface area contributed by atoms with Crippen LogP contribution in [0.15, 0.2) is 30.3 Å². The molecule has 0 spiro atoms. The highest BCUT2D eigenvalue weighted by Gasteiger charge is 2.34. The quantitative estimate of drug-likeness (QED) is 0.425. The number of benzene rings is 1. The van der Waals surface area contributed by atoms with Gasteiger partial charge in [0, 0.05) is 28.8 Å². The van der Waals surface area contributed by atoms with E-state index in [4.69, 9.17) is 9.47 Å². The SMILES string of the molecule is CCCCN(CC(=O)N(CCc1ccc(OC)c(OC)c1)Cc1ccc(C)s1)C(=O)C1CC1. The number of hydrogen-bond acceptors (Lipinski definition) is 5. The maximum atomic E-state index is 13.4. The van der Waals surface area contributed by atoms with Gasteiger partial charge in [-0.2, -0.15) is 0 Å². The van der Waals surface area contributed by atoms with Gasteiger partial charge in [-0.1, -0.05) is 19.4 Å². The van der Waals surface area contributed by atoms with Gasteiger partial charge >= 0.3 is 0 Å². The minimum atomic E-state index is 0.00614. The Balaban J connectivity index is 1.72. The smallest absolute Gasteiger partial charge is 0.242 e. The third-order valence-corrected chi connectivity index (χ3v) is 6.95. The topological polar surface area (TPSA) is 59.1 Å². The summed E-state index contributed by atoms with van der Waals surface area (Å²) in [5.41, 5.74) is 1.07. The van der Waals surface area contributed by atoms with Crippen LogP contribution in [0.25, 0.3) is 0 Å². The van der Waals surface area contributed by atoms with Crippen LogP contribution in [0, 0.1) is 12.8 Å². The molecular weight excluding hydrogens is 436 g/mol.